The van der Waals surface area contributed by atoms with Gasteiger partial charge in [-0.05, 0) is 69.8 Å². The minimum Gasteiger partial charge on any atom is -0.271 e. The summed E-state index contributed by atoms with van der Waals surface area (Å²) in [4.78, 5) is 0. The molecule has 0 aliphatic carbocycles. The Kier molecular flexibility index (Phi) is 5.14. The van der Waals surface area contributed by atoms with E-state index in [4.69, 9.17) is 5.84 Å². The molecule has 0 bridgehead atoms. The van der Waals surface area contributed by atoms with Gasteiger partial charge in [-0.1, -0.05) is 15.9 Å². The molecule has 0 fully saturated rings. The molecule has 96 valence electrons. The highest BCUT2D eigenvalue weighted by Gasteiger charge is 2.14. The fourth-order valence-corrected chi connectivity index (χ4v) is 3.53. The van der Waals surface area contributed by atoms with Crippen LogP contribution in [0.2, 0.25) is 0 Å². The first kappa shape index (κ1) is 14.4. The van der Waals surface area contributed by atoms with Crippen molar-refractivity contribution in [3.8, 4) is 0 Å². The van der Waals surface area contributed by atoms with Crippen molar-refractivity contribution >= 4 is 49.9 Å². The summed E-state index contributed by atoms with van der Waals surface area (Å²) >= 11 is 7.38. The number of rotatable bonds is 4. The highest BCUT2D eigenvalue weighted by Crippen LogP contribution is 2.27. The van der Waals surface area contributed by atoms with E-state index in [1.807, 2.05) is 0 Å². The zero-order valence-corrected chi connectivity index (χ0v) is 13.9. The van der Waals surface area contributed by atoms with Crippen LogP contribution < -0.4 is 11.3 Å². The topological polar surface area (TPSA) is 38.0 Å². The van der Waals surface area contributed by atoms with Gasteiger partial charge in [0.25, 0.3) is 0 Å². The lowest BCUT2D eigenvalue weighted by atomic mass is 10.0. The fraction of sp³-hybridized carbons (Fsp3) is 0.167. The zero-order valence-electron chi connectivity index (χ0n) is 9.29. The minimum atomic E-state index is -0.233. The minimum absolute atomic E-state index is 0.0112. The van der Waals surface area contributed by atoms with Crippen LogP contribution in [-0.2, 0) is 6.42 Å². The number of hydrazine groups is 1. The molecular weight excluding hydrogens is 430 g/mol. The van der Waals surface area contributed by atoms with Gasteiger partial charge in [0.05, 0.1) is 8.93 Å². The first-order valence-electron chi connectivity index (χ1n) is 5.24. The zero-order chi connectivity index (χ0) is 13.1. The molecule has 2 aromatic rings. The first-order chi connectivity index (χ1) is 8.60. The van der Waals surface area contributed by atoms with E-state index in [9.17, 15) is 4.39 Å². The number of benzene rings is 1. The maximum atomic E-state index is 13.2. The SMILES string of the molecule is NNC(Cc1cc(F)ccc1Br)c1csc(I)c1. The summed E-state index contributed by atoms with van der Waals surface area (Å²) in [6.45, 7) is 0. The summed E-state index contributed by atoms with van der Waals surface area (Å²) < 4.78 is 15.3. The Bertz CT molecular complexity index is 547. The molecule has 0 amide bonds. The molecule has 3 N–H and O–H groups in total. The average molecular weight is 441 g/mol. The van der Waals surface area contributed by atoms with Crippen molar-refractivity contribution in [3.63, 3.8) is 0 Å². The summed E-state index contributed by atoms with van der Waals surface area (Å²) in [6.07, 6.45) is 0.641. The van der Waals surface area contributed by atoms with Crippen molar-refractivity contribution < 1.29 is 4.39 Å². The monoisotopic (exact) mass is 440 g/mol. The summed E-state index contributed by atoms with van der Waals surface area (Å²) in [6, 6.07) is 6.76. The van der Waals surface area contributed by atoms with Gasteiger partial charge >= 0.3 is 0 Å². The molecule has 0 saturated heterocycles. The number of halogens is 3. The van der Waals surface area contributed by atoms with Gasteiger partial charge in [-0.3, -0.25) is 11.3 Å². The van der Waals surface area contributed by atoms with Crippen molar-refractivity contribution in [2.45, 2.75) is 12.5 Å². The predicted molar refractivity (Wildman–Crippen MR) is 84.9 cm³/mol. The molecule has 2 nitrogen and oxygen atoms in total. The van der Waals surface area contributed by atoms with Gasteiger partial charge in [0.15, 0.2) is 0 Å². The second-order valence-electron chi connectivity index (χ2n) is 3.84. The smallest absolute Gasteiger partial charge is 0.123 e. The molecule has 1 atom stereocenters. The predicted octanol–water partition coefficient (Wildman–Crippen LogP) is 4.00. The Hall–Kier alpha value is -0.0200. The number of hydrogen-bond donors (Lipinski definition) is 2. The van der Waals surface area contributed by atoms with Gasteiger partial charge in [0.1, 0.15) is 5.82 Å². The lowest BCUT2D eigenvalue weighted by molar-refractivity contribution is 0.549. The Morgan fingerprint density at radius 2 is 2.22 bits per heavy atom. The van der Waals surface area contributed by atoms with E-state index in [2.05, 4.69) is 55.4 Å². The van der Waals surface area contributed by atoms with Gasteiger partial charge in [0.2, 0.25) is 0 Å². The molecule has 0 saturated carbocycles. The Morgan fingerprint density at radius 3 is 2.83 bits per heavy atom. The third-order valence-corrected chi connectivity index (χ3v) is 5.20. The van der Waals surface area contributed by atoms with Crippen molar-refractivity contribution in [1.82, 2.24) is 5.43 Å². The van der Waals surface area contributed by atoms with E-state index in [-0.39, 0.29) is 11.9 Å². The van der Waals surface area contributed by atoms with Crippen LogP contribution in [0.4, 0.5) is 4.39 Å². The molecule has 0 radical (unpaired) electrons. The van der Waals surface area contributed by atoms with Crippen LogP contribution in [0.3, 0.4) is 0 Å². The number of hydrogen-bond acceptors (Lipinski definition) is 3. The normalized spacial score (nSPS) is 12.7. The summed E-state index contributed by atoms with van der Waals surface area (Å²) in [7, 11) is 0. The third kappa shape index (κ3) is 3.51. The van der Waals surface area contributed by atoms with Gasteiger partial charge < -0.3 is 0 Å². The quantitative estimate of drug-likeness (QED) is 0.428. The summed E-state index contributed by atoms with van der Waals surface area (Å²) in [5, 5.41) is 2.07. The molecule has 2 rings (SSSR count). The van der Waals surface area contributed by atoms with Crippen LogP contribution >= 0.6 is 49.9 Å². The second kappa shape index (κ2) is 6.42. The Balaban J connectivity index is 2.22. The molecule has 1 heterocycles. The van der Waals surface area contributed by atoms with Crippen LogP contribution in [0.25, 0.3) is 0 Å². The van der Waals surface area contributed by atoms with E-state index >= 15 is 0 Å². The van der Waals surface area contributed by atoms with E-state index in [0.717, 1.165) is 15.6 Å². The highest BCUT2D eigenvalue weighted by molar-refractivity contribution is 14.1. The van der Waals surface area contributed by atoms with Gasteiger partial charge in [-0.15, -0.1) is 11.3 Å². The summed E-state index contributed by atoms with van der Waals surface area (Å²) in [5.41, 5.74) is 4.82. The van der Waals surface area contributed by atoms with Crippen LogP contribution in [0.5, 0.6) is 0 Å². The van der Waals surface area contributed by atoms with E-state index in [1.165, 1.54) is 15.0 Å². The van der Waals surface area contributed by atoms with Crippen molar-refractivity contribution in [2.75, 3.05) is 0 Å². The number of nitrogens with two attached hydrogens (primary N) is 1. The van der Waals surface area contributed by atoms with E-state index in [0.29, 0.717) is 6.42 Å². The fourth-order valence-electron chi connectivity index (χ4n) is 1.70. The van der Waals surface area contributed by atoms with Crippen molar-refractivity contribution in [3.05, 3.63) is 53.9 Å². The molecule has 1 aromatic heterocycles. The molecule has 1 unspecified atom stereocenters. The van der Waals surface area contributed by atoms with Crippen LogP contribution in [0, 0.1) is 8.70 Å². The van der Waals surface area contributed by atoms with Gasteiger partial charge in [0, 0.05) is 4.47 Å². The summed E-state index contributed by atoms with van der Waals surface area (Å²) in [5.74, 6) is 5.36. The molecule has 0 aliphatic rings. The Morgan fingerprint density at radius 1 is 1.44 bits per heavy atom. The standard InChI is InChI=1S/C12H11BrFIN2S/c13-10-2-1-9(14)3-7(10)4-11(17-16)8-5-12(15)18-6-8/h1-3,5-6,11,17H,4,16H2. The lowest BCUT2D eigenvalue weighted by Crippen LogP contribution is -2.29. The van der Waals surface area contributed by atoms with E-state index in [1.54, 1.807) is 17.4 Å². The van der Waals surface area contributed by atoms with Gasteiger partial charge in [-0.25, -0.2) is 4.39 Å². The molecular formula is C12H11BrFIN2S. The number of nitrogens with one attached hydrogen (secondary N) is 1. The molecule has 18 heavy (non-hydrogen) atoms. The van der Waals surface area contributed by atoms with Crippen LogP contribution in [0.15, 0.2) is 34.1 Å². The maximum absolute atomic E-state index is 13.2. The molecule has 1 aromatic carbocycles. The molecule has 6 heteroatoms. The van der Waals surface area contributed by atoms with Gasteiger partial charge in [-0.2, -0.15) is 0 Å². The third-order valence-electron chi connectivity index (χ3n) is 2.62. The second-order valence-corrected chi connectivity index (χ2v) is 7.50. The number of thiophene rings is 1. The largest absolute Gasteiger partial charge is 0.271 e. The van der Waals surface area contributed by atoms with E-state index < -0.39 is 0 Å². The highest BCUT2D eigenvalue weighted by atomic mass is 127. The van der Waals surface area contributed by atoms with Crippen LogP contribution in [0.1, 0.15) is 17.2 Å². The molecule has 0 aliphatic heterocycles. The maximum Gasteiger partial charge on any atom is 0.123 e. The molecule has 0 spiro atoms. The van der Waals surface area contributed by atoms with Crippen LogP contribution in [-0.4, -0.2) is 0 Å². The Labute approximate surface area is 131 Å². The average Bonchev–Trinajstić information content (AvgIpc) is 2.77. The first-order valence-corrected chi connectivity index (χ1v) is 7.99. The van der Waals surface area contributed by atoms with Crippen molar-refractivity contribution in [2.24, 2.45) is 5.84 Å². The van der Waals surface area contributed by atoms with Crippen molar-refractivity contribution in [1.29, 1.82) is 0 Å². The lowest BCUT2D eigenvalue weighted by Gasteiger charge is -2.15.